The summed E-state index contributed by atoms with van der Waals surface area (Å²) in [5.41, 5.74) is 1.58. The van der Waals surface area contributed by atoms with Gasteiger partial charge in [0.1, 0.15) is 5.82 Å². The SMILES string of the molecule is CC(=O)Nc1ccc(NC(=O)CCc2nc(-c3ccc(F)cc3)no2)c(Cl)c1. The van der Waals surface area contributed by atoms with E-state index in [-0.39, 0.29) is 30.5 Å². The van der Waals surface area contributed by atoms with E-state index in [2.05, 4.69) is 20.8 Å². The van der Waals surface area contributed by atoms with Crippen LogP contribution in [0.2, 0.25) is 5.02 Å². The number of anilines is 2. The normalized spacial score (nSPS) is 10.5. The third-order valence-corrected chi connectivity index (χ3v) is 4.01. The van der Waals surface area contributed by atoms with Gasteiger partial charge in [-0.3, -0.25) is 9.59 Å². The van der Waals surface area contributed by atoms with Gasteiger partial charge >= 0.3 is 0 Å². The van der Waals surface area contributed by atoms with Crippen LogP contribution >= 0.6 is 11.6 Å². The first-order chi connectivity index (χ1) is 13.4. The summed E-state index contributed by atoms with van der Waals surface area (Å²) in [4.78, 5) is 27.4. The van der Waals surface area contributed by atoms with E-state index in [1.807, 2.05) is 0 Å². The zero-order chi connectivity index (χ0) is 20.1. The predicted molar refractivity (Wildman–Crippen MR) is 102 cm³/mol. The summed E-state index contributed by atoms with van der Waals surface area (Å²) < 4.78 is 18.1. The van der Waals surface area contributed by atoms with Crippen LogP contribution in [0, 0.1) is 5.82 Å². The van der Waals surface area contributed by atoms with Crippen molar-refractivity contribution in [1.82, 2.24) is 10.1 Å². The van der Waals surface area contributed by atoms with Gasteiger partial charge in [0.25, 0.3) is 0 Å². The number of carbonyl (C=O) groups excluding carboxylic acids is 2. The van der Waals surface area contributed by atoms with Crippen LogP contribution in [0.4, 0.5) is 15.8 Å². The molecule has 0 unspecified atom stereocenters. The van der Waals surface area contributed by atoms with E-state index in [4.69, 9.17) is 16.1 Å². The lowest BCUT2D eigenvalue weighted by atomic mass is 10.2. The number of amides is 2. The number of halogens is 2. The molecule has 0 saturated heterocycles. The van der Waals surface area contributed by atoms with Gasteiger partial charge in [-0.15, -0.1) is 0 Å². The summed E-state index contributed by atoms with van der Waals surface area (Å²) in [5, 5.41) is 9.43. The summed E-state index contributed by atoms with van der Waals surface area (Å²) in [5.74, 6) is -0.232. The average molecular weight is 403 g/mol. The van der Waals surface area contributed by atoms with Gasteiger partial charge in [-0.05, 0) is 42.5 Å². The molecule has 2 N–H and O–H groups in total. The first-order valence-corrected chi connectivity index (χ1v) is 8.74. The van der Waals surface area contributed by atoms with Gasteiger partial charge in [0.2, 0.25) is 23.5 Å². The van der Waals surface area contributed by atoms with Crippen molar-refractivity contribution in [2.45, 2.75) is 19.8 Å². The monoisotopic (exact) mass is 402 g/mol. The molecule has 0 radical (unpaired) electrons. The highest BCUT2D eigenvalue weighted by molar-refractivity contribution is 6.34. The molecule has 3 aromatic rings. The Hall–Kier alpha value is -3.26. The van der Waals surface area contributed by atoms with E-state index < -0.39 is 0 Å². The molecule has 0 aliphatic heterocycles. The van der Waals surface area contributed by atoms with E-state index in [1.165, 1.54) is 19.1 Å². The van der Waals surface area contributed by atoms with E-state index >= 15 is 0 Å². The van der Waals surface area contributed by atoms with Crippen molar-refractivity contribution in [3.63, 3.8) is 0 Å². The van der Waals surface area contributed by atoms with Gasteiger partial charge in [0.15, 0.2) is 0 Å². The molecular formula is C19H16ClFN4O3. The third-order valence-electron chi connectivity index (χ3n) is 3.70. The molecule has 9 heteroatoms. The Kier molecular flexibility index (Phi) is 6.00. The molecule has 0 atom stereocenters. The first kappa shape index (κ1) is 19.5. The van der Waals surface area contributed by atoms with Crippen molar-refractivity contribution >= 4 is 34.8 Å². The molecule has 144 valence electrons. The van der Waals surface area contributed by atoms with Crippen molar-refractivity contribution in [3.05, 3.63) is 59.2 Å². The quantitative estimate of drug-likeness (QED) is 0.648. The minimum Gasteiger partial charge on any atom is -0.339 e. The minimum atomic E-state index is -0.354. The lowest BCUT2D eigenvalue weighted by Gasteiger charge is -2.09. The number of nitrogens with one attached hydrogen (secondary N) is 2. The Balaban J connectivity index is 1.56. The van der Waals surface area contributed by atoms with Gasteiger partial charge in [-0.2, -0.15) is 4.98 Å². The predicted octanol–water partition coefficient (Wildman–Crippen LogP) is 4.06. The van der Waals surface area contributed by atoms with Gasteiger partial charge < -0.3 is 15.2 Å². The highest BCUT2D eigenvalue weighted by Crippen LogP contribution is 2.26. The van der Waals surface area contributed by atoms with Gasteiger partial charge in [0, 0.05) is 31.0 Å². The fourth-order valence-electron chi connectivity index (χ4n) is 2.40. The molecular weight excluding hydrogens is 387 g/mol. The van der Waals surface area contributed by atoms with Crippen molar-refractivity contribution in [1.29, 1.82) is 0 Å². The van der Waals surface area contributed by atoms with Crippen LogP contribution in [0.1, 0.15) is 19.2 Å². The molecule has 2 aromatic carbocycles. The van der Waals surface area contributed by atoms with E-state index in [9.17, 15) is 14.0 Å². The highest BCUT2D eigenvalue weighted by Gasteiger charge is 2.12. The fourth-order valence-corrected chi connectivity index (χ4v) is 2.63. The lowest BCUT2D eigenvalue weighted by molar-refractivity contribution is -0.116. The molecule has 1 aromatic heterocycles. The standard InChI is InChI=1S/C19H16ClFN4O3/c1-11(26)22-14-6-7-16(15(20)10-14)23-17(27)8-9-18-24-19(25-28-18)12-2-4-13(21)5-3-12/h2-7,10H,8-9H2,1H3,(H,22,26)(H,23,27). The van der Waals surface area contributed by atoms with Crippen LogP contribution in [-0.4, -0.2) is 22.0 Å². The van der Waals surface area contributed by atoms with Crippen molar-refractivity contribution in [2.24, 2.45) is 0 Å². The molecule has 3 rings (SSSR count). The number of carbonyl (C=O) groups is 2. The fraction of sp³-hybridized carbons (Fsp3) is 0.158. The maximum Gasteiger partial charge on any atom is 0.227 e. The molecule has 0 spiro atoms. The highest BCUT2D eigenvalue weighted by atomic mass is 35.5. The Bertz CT molecular complexity index is 1000. The third kappa shape index (κ3) is 5.14. The van der Waals surface area contributed by atoms with Crippen molar-refractivity contribution in [3.8, 4) is 11.4 Å². The zero-order valence-electron chi connectivity index (χ0n) is 14.8. The molecule has 0 saturated carbocycles. The Morgan fingerprint density at radius 3 is 2.57 bits per heavy atom. The Labute approximate surface area is 164 Å². The summed E-state index contributed by atoms with van der Waals surface area (Å²) in [7, 11) is 0. The first-order valence-electron chi connectivity index (χ1n) is 8.36. The lowest BCUT2D eigenvalue weighted by Crippen LogP contribution is -2.13. The summed E-state index contributed by atoms with van der Waals surface area (Å²) >= 11 is 6.12. The van der Waals surface area contributed by atoms with E-state index in [0.717, 1.165) is 0 Å². The maximum atomic E-state index is 13.0. The number of benzene rings is 2. The van der Waals surface area contributed by atoms with Crippen LogP contribution < -0.4 is 10.6 Å². The number of hydrogen-bond acceptors (Lipinski definition) is 5. The summed E-state index contributed by atoms with van der Waals surface area (Å²) in [6.07, 6.45) is 0.344. The average Bonchev–Trinajstić information content (AvgIpc) is 3.11. The minimum absolute atomic E-state index is 0.106. The van der Waals surface area contributed by atoms with Crippen LogP contribution in [0.3, 0.4) is 0 Å². The topological polar surface area (TPSA) is 97.1 Å². The molecule has 0 aliphatic carbocycles. The maximum absolute atomic E-state index is 13.0. The summed E-state index contributed by atoms with van der Waals surface area (Å²) in [6, 6.07) is 10.5. The number of aromatic nitrogens is 2. The van der Waals surface area contributed by atoms with E-state index in [0.29, 0.717) is 33.7 Å². The molecule has 1 heterocycles. The number of hydrogen-bond donors (Lipinski definition) is 2. The van der Waals surface area contributed by atoms with Gasteiger partial charge in [-0.1, -0.05) is 16.8 Å². The van der Waals surface area contributed by atoms with Crippen LogP contribution in [0.25, 0.3) is 11.4 Å². The second-order valence-electron chi connectivity index (χ2n) is 5.94. The van der Waals surface area contributed by atoms with Gasteiger partial charge in [-0.25, -0.2) is 4.39 Å². The van der Waals surface area contributed by atoms with Crippen LogP contribution in [0.15, 0.2) is 47.0 Å². The van der Waals surface area contributed by atoms with Crippen molar-refractivity contribution in [2.75, 3.05) is 10.6 Å². The Morgan fingerprint density at radius 2 is 1.89 bits per heavy atom. The van der Waals surface area contributed by atoms with Crippen molar-refractivity contribution < 1.29 is 18.5 Å². The van der Waals surface area contributed by atoms with Crippen LogP contribution in [-0.2, 0) is 16.0 Å². The number of nitrogens with zero attached hydrogens (tertiary/aromatic N) is 2. The van der Waals surface area contributed by atoms with E-state index in [1.54, 1.807) is 30.3 Å². The molecule has 28 heavy (non-hydrogen) atoms. The summed E-state index contributed by atoms with van der Waals surface area (Å²) in [6.45, 7) is 1.39. The second-order valence-corrected chi connectivity index (χ2v) is 6.35. The van der Waals surface area contributed by atoms with Crippen LogP contribution in [0.5, 0.6) is 0 Å². The second kappa shape index (κ2) is 8.62. The largest absolute Gasteiger partial charge is 0.339 e. The molecule has 2 amide bonds. The molecule has 0 aliphatic rings. The number of rotatable bonds is 6. The Morgan fingerprint density at radius 1 is 1.14 bits per heavy atom. The molecule has 0 bridgehead atoms. The zero-order valence-corrected chi connectivity index (χ0v) is 15.6. The number of aryl methyl sites for hydroxylation is 1. The molecule has 0 fully saturated rings. The molecule has 7 nitrogen and oxygen atoms in total. The van der Waals surface area contributed by atoms with Gasteiger partial charge in [0.05, 0.1) is 10.7 Å². The smallest absolute Gasteiger partial charge is 0.227 e.